The van der Waals surface area contributed by atoms with Gasteiger partial charge in [0.05, 0.1) is 5.69 Å². The van der Waals surface area contributed by atoms with E-state index in [1.54, 1.807) is 12.1 Å². The van der Waals surface area contributed by atoms with Crippen LogP contribution in [0.5, 0.6) is 0 Å². The van der Waals surface area contributed by atoms with Gasteiger partial charge < -0.3 is 4.90 Å². The zero-order valence-electron chi connectivity index (χ0n) is 10.0. The first kappa shape index (κ1) is 12.4. The number of hydrogen-bond donors (Lipinski definition) is 0. The van der Waals surface area contributed by atoms with E-state index in [0.717, 1.165) is 18.6 Å². The number of halogens is 1. The van der Waals surface area contributed by atoms with Crippen molar-refractivity contribution >= 4 is 23.7 Å². The monoisotopic (exact) mass is 253 g/mol. The molecule has 1 aliphatic heterocycles. The molecular formula is C13H16FNOS. The van der Waals surface area contributed by atoms with Gasteiger partial charge in [-0.3, -0.25) is 4.79 Å². The van der Waals surface area contributed by atoms with Gasteiger partial charge in [0.15, 0.2) is 6.29 Å². The van der Waals surface area contributed by atoms with Gasteiger partial charge in [-0.05, 0) is 19.1 Å². The van der Waals surface area contributed by atoms with Crippen molar-refractivity contribution in [2.45, 2.75) is 25.1 Å². The maximum Gasteiger partial charge on any atom is 0.152 e. The first-order valence-corrected chi connectivity index (χ1v) is 6.82. The molecule has 2 rings (SSSR count). The van der Waals surface area contributed by atoms with E-state index in [9.17, 15) is 9.18 Å². The van der Waals surface area contributed by atoms with Crippen LogP contribution in [0.2, 0.25) is 0 Å². The lowest BCUT2D eigenvalue weighted by molar-refractivity contribution is 0.112. The van der Waals surface area contributed by atoms with Crippen molar-refractivity contribution in [3.63, 3.8) is 0 Å². The zero-order chi connectivity index (χ0) is 12.4. The van der Waals surface area contributed by atoms with Gasteiger partial charge in [-0.1, -0.05) is 13.0 Å². The second-order valence-corrected chi connectivity index (χ2v) is 5.79. The molecule has 1 aromatic rings. The molecule has 0 radical (unpaired) electrons. The smallest absolute Gasteiger partial charge is 0.152 e. The molecule has 1 aliphatic rings. The van der Waals surface area contributed by atoms with Crippen LogP contribution in [0.1, 0.15) is 24.2 Å². The van der Waals surface area contributed by atoms with Crippen LogP contribution in [-0.4, -0.2) is 29.9 Å². The summed E-state index contributed by atoms with van der Waals surface area (Å²) in [6, 6.07) is 4.91. The molecule has 0 spiro atoms. The summed E-state index contributed by atoms with van der Waals surface area (Å²) >= 11 is 1.89. The van der Waals surface area contributed by atoms with E-state index >= 15 is 0 Å². The van der Waals surface area contributed by atoms with Crippen LogP contribution < -0.4 is 4.90 Å². The number of hydrogen-bond acceptors (Lipinski definition) is 3. The van der Waals surface area contributed by atoms with E-state index in [1.807, 2.05) is 16.7 Å². The molecule has 92 valence electrons. The lowest BCUT2D eigenvalue weighted by atomic mass is 10.1. The third-order valence-corrected chi connectivity index (χ3v) is 4.65. The van der Waals surface area contributed by atoms with Crippen LogP contribution in [0.4, 0.5) is 10.1 Å². The molecule has 1 saturated heterocycles. The predicted octanol–water partition coefficient (Wildman–Crippen LogP) is 2.97. The fourth-order valence-electron chi connectivity index (χ4n) is 2.18. The summed E-state index contributed by atoms with van der Waals surface area (Å²) in [5.41, 5.74) is 0.901. The fraction of sp³-hybridized carbons (Fsp3) is 0.462. The number of thioether (sulfide) groups is 1. The molecule has 0 aliphatic carbocycles. The molecule has 2 nitrogen and oxygen atoms in total. The molecule has 2 atom stereocenters. The van der Waals surface area contributed by atoms with Gasteiger partial charge in [-0.25, -0.2) is 4.39 Å². The van der Waals surface area contributed by atoms with E-state index in [4.69, 9.17) is 0 Å². The molecule has 0 saturated carbocycles. The Morgan fingerprint density at radius 1 is 1.47 bits per heavy atom. The van der Waals surface area contributed by atoms with Gasteiger partial charge in [0.2, 0.25) is 0 Å². The summed E-state index contributed by atoms with van der Waals surface area (Å²) in [5, 5.41) is 0.447. The quantitative estimate of drug-likeness (QED) is 0.756. The first-order valence-electron chi connectivity index (χ1n) is 5.77. The number of carbonyl (C=O) groups is 1. The number of benzene rings is 1. The largest absolute Gasteiger partial charge is 0.364 e. The molecule has 0 N–H and O–H groups in total. The Bertz CT molecular complexity index is 424. The van der Waals surface area contributed by atoms with Gasteiger partial charge in [0.1, 0.15) is 5.82 Å². The van der Waals surface area contributed by atoms with E-state index in [1.165, 1.54) is 6.07 Å². The van der Waals surface area contributed by atoms with Crippen molar-refractivity contribution in [2.75, 3.05) is 17.2 Å². The molecule has 0 aromatic heterocycles. The summed E-state index contributed by atoms with van der Waals surface area (Å²) in [6.07, 6.45) is 0.734. The van der Waals surface area contributed by atoms with Crippen LogP contribution in [0.3, 0.4) is 0 Å². The fourth-order valence-corrected chi connectivity index (χ4v) is 3.28. The van der Waals surface area contributed by atoms with Crippen molar-refractivity contribution in [1.82, 2.24) is 0 Å². The summed E-state index contributed by atoms with van der Waals surface area (Å²) in [6.45, 7) is 5.01. The number of carbonyl (C=O) groups excluding carboxylic acids is 1. The Labute approximate surface area is 105 Å². The third kappa shape index (κ3) is 2.32. The minimum absolute atomic E-state index is 0.240. The summed E-state index contributed by atoms with van der Waals surface area (Å²) in [5.74, 6) is 0.665. The third-order valence-electron chi connectivity index (χ3n) is 3.32. The average molecular weight is 253 g/mol. The molecule has 1 fully saturated rings. The van der Waals surface area contributed by atoms with Crippen LogP contribution in [-0.2, 0) is 0 Å². The molecule has 4 heteroatoms. The molecule has 0 bridgehead atoms. The molecule has 0 amide bonds. The highest BCUT2D eigenvalue weighted by atomic mass is 32.2. The van der Waals surface area contributed by atoms with Gasteiger partial charge in [-0.15, -0.1) is 0 Å². The van der Waals surface area contributed by atoms with Crippen molar-refractivity contribution in [1.29, 1.82) is 0 Å². The molecule has 17 heavy (non-hydrogen) atoms. The van der Waals surface area contributed by atoms with E-state index in [-0.39, 0.29) is 11.9 Å². The normalized spacial score (nSPS) is 24.8. The van der Waals surface area contributed by atoms with Gasteiger partial charge in [0.25, 0.3) is 0 Å². The summed E-state index contributed by atoms with van der Waals surface area (Å²) < 4.78 is 13.9. The molecule has 1 aromatic carbocycles. The molecule has 2 unspecified atom stereocenters. The Kier molecular flexibility index (Phi) is 3.72. The number of anilines is 1. The van der Waals surface area contributed by atoms with Crippen molar-refractivity contribution in [3.8, 4) is 0 Å². The van der Waals surface area contributed by atoms with E-state index in [2.05, 4.69) is 13.8 Å². The second kappa shape index (κ2) is 5.08. The lowest BCUT2D eigenvalue weighted by Gasteiger charge is -2.39. The molecule has 1 heterocycles. The Morgan fingerprint density at radius 2 is 2.24 bits per heavy atom. The van der Waals surface area contributed by atoms with Crippen LogP contribution in [0, 0.1) is 5.82 Å². The average Bonchev–Trinajstić information content (AvgIpc) is 2.33. The maximum atomic E-state index is 13.9. The predicted molar refractivity (Wildman–Crippen MR) is 70.5 cm³/mol. The van der Waals surface area contributed by atoms with Crippen molar-refractivity contribution in [3.05, 3.63) is 29.6 Å². The zero-order valence-corrected chi connectivity index (χ0v) is 10.8. The van der Waals surface area contributed by atoms with Crippen molar-refractivity contribution in [2.24, 2.45) is 0 Å². The summed E-state index contributed by atoms with van der Waals surface area (Å²) in [4.78, 5) is 13.0. The van der Waals surface area contributed by atoms with Gasteiger partial charge in [0, 0.05) is 29.2 Å². The molecular weight excluding hydrogens is 237 g/mol. The van der Waals surface area contributed by atoms with Crippen LogP contribution in [0.15, 0.2) is 18.2 Å². The Balaban J connectivity index is 2.41. The number of nitrogens with zero attached hydrogens (tertiary/aromatic N) is 1. The van der Waals surface area contributed by atoms with Gasteiger partial charge in [-0.2, -0.15) is 11.8 Å². The van der Waals surface area contributed by atoms with E-state index in [0.29, 0.717) is 16.5 Å². The Morgan fingerprint density at radius 3 is 2.94 bits per heavy atom. The number of aldehydes is 1. The Hall–Kier alpha value is -1.03. The van der Waals surface area contributed by atoms with Crippen LogP contribution in [0.25, 0.3) is 0 Å². The standard InChI is InChI=1S/C13H16FNOS/c1-9-10(2)17-7-6-15(9)13-11(8-16)4-3-5-12(13)14/h3-5,8-10H,6-7H2,1-2H3. The maximum absolute atomic E-state index is 13.9. The highest BCUT2D eigenvalue weighted by molar-refractivity contribution is 8.00. The SMILES string of the molecule is CC1SCCN(c2c(F)cccc2C=O)C1C. The highest BCUT2D eigenvalue weighted by Gasteiger charge is 2.28. The second-order valence-electron chi connectivity index (χ2n) is 4.31. The topological polar surface area (TPSA) is 20.3 Å². The lowest BCUT2D eigenvalue weighted by Crippen LogP contribution is -2.45. The number of para-hydroxylation sites is 1. The minimum Gasteiger partial charge on any atom is -0.364 e. The number of rotatable bonds is 2. The minimum atomic E-state index is -0.305. The van der Waals surface area contributed by atoms with Gasteiger partial charge >= 0.3 is 0 Å². The van der Waals surface area contributed by atoms with Crippen LogP contribution >= 0.6 is 11.8 Å². The summed E-state index contributed by atoms with van der Waals surface area (Å²) in [7, 11) is 0. The first-order chi connectivity index (χ1) is 8.15. The van der Waals surface area contributed by atoms with E-state index < -0.39 is 0 Å². The highest BCUT2D eigenvalue weighted by Crippen LogP contribution is 2.32. The van der Waals surface area contributed by atoms with Crippen molar-refractivity contribution < 1.29 is 9.18 Å².